The van der Waals surface area contributed by atoms with Gasteiger partial charge in [-0.1, -0.05) is 62.4 Å². The molecule has 1 amide bonds. The first-order valence-electron chi connectivity index (χ1n) is 10.0. The highest BCUT2D eigenvalue weighted by molar-refractivity contribution is 7.21. The van der Waals surface area contributed by atoms with Gasteiger partial charge in [-0.3, -0.25) is 4.79 Å². The molecule has 5 heteroatoms. The third kappa shape index (κ3) is 4.86. The average Bonchev–Trinajstić information content (AvgIpc) is 3.21. The van der Waals surface area contributed by atoms with Crippen LogP contribution in [0, 0.1) is 0 Å². The largest absolute Gasteiger partial charge is 0.484 e. The fraction of sp³-hybridized carbons (Fsp3) is 0.200. The first kappa shape index (κ1) is 20.1. The summed E-state index contributed by atoms with van der Waals surface area (Å²) in [6.07, 6.45) is 0. The molecule has 0 spiro atoms. The molecule has 0 aliphatic rings. The van der Waals surface area contributed by atoms with Crippen LogP contribution in [0.25, 0.3) is 20.8 Å². The number of para-hydroxylation sites is 1. The molecule has 0 aliphatic carbocycles. The van der Waals surface area contributed by atoms with Gasteiger partial charge in [0, 0.05) is 12.1 Å². The van der Waals surface area contributed by atoms with E-state index in [4.69, 9.17) is 4.74 Å². The van der Waals surface area contributed by atoms with E-state index in [1.165, 1.54) is 10.3 Å². The highest BCUT2D eigenvalue weighted by atomic mass is 32.1. The number of rotatable bonds is 7. The molecule has 1 aromatic heterocycles. The Balaban J connectivity index is 1.28. The number of nitrogens with one attached hydrogen (secondary N) is 1. The molecule has 4 nitrogen and oxygen atoms in total. The molecule has 1 N–H and O–H groups in total. The topological polar surface area (TPSA) is 51.2 Å². The van der Waals surface area contributed by atoms with Crippen molar-refractivity contribution in [3.63, 3.8) is 0 Å². The van der Waals surface area contributed by atoms with E-state index in [1.807, 2.05) is 66.7 Å². The zero-order chi connectivity index (χ0) is 20.9. The zero-order valence-corrected chi connectivity index (χ0v) is 17.9. The number of nitrogens with zero attached hydrogens (tertiary/aromatic N) is 1. The zero-order valence-electron chi connectivity index (χ0n) is 17.1. The monoisotopic (exact) mass is 416 g/mol. The summed E-state index contributed by atoms with van der Waals surface area (Å²) in [5.74, 6) is 1.04. The minimum Gasteiger partial charge on any atom is -0.484 e. The SMILES string of the molecule is CC(C)c1ccc(OCC(=O)NCc2ccc(-c3nc4ccccc4s3)cc2)cc1. The first-order chi connectivity index (χ1) is 14.6. The Hall–Kier alpha value is -3.18. The number of carbonyl (C=O) groups excluding carboxylic acids is 1. The van der Waals surface area contributed by atoms with E-state index in [1.54, 1.807) is 11.3 Å². The van der Waals surface area contributed by atoms with Crippen LogP contribution in [0.5, 0.6) is 5.75 Å². The Kier molecular flexibility index (Phi) is 6.10. The molecule has 4 aromatic rings. The number of carbonyl (C=O) groups is 1. The molecule has 0 saturated heterocycles. The van der Waals surface area contributed by atoms with Gasteiger partial charge < -0.3 is 10.1 Å². The van der Waals surface area contributed by atoms with E-state index >= 15 is 0 Å². The van der Waals surface area contributed by atoms with Crippen LogP contribution >= 0.6 is 11.3 Å². The second kappa shape index (κ2) is 9.09. The Morgan fingerprint density at radius 2 is 1.73 bits per heavy atom. The highest BCUT2D eigenvalue weighted by Crippen LogP contribution is 2.30. The standard InChI is InChI=1S/C25H24N2O2S/c1-17(2)19-11-13-21(14-12-19)29-16-24(28)26-15-18-7-9-20(10-8-18)25-27-22-5-3-4-6-23(22)30-25/h3-14,17H,15-16H2,1-2H3,(H,26,28). The summed E-state index contributed by atoms with van der Waals surface area (Å²) < 4.78 is 6.76. The predicted octanol–water partition coefficient (Wildman–Crippen LogP) is 5.78. The van der Waals surface area contributed by atoms with Gasteiger partial charge in [-0.05, 0) is 41.3 Å². The second-order valence-corrected chi connectivity index (χ2v) is 8.50. The summed E-state index contributed by atoms with van der Waals surface area (Å²) in [5, 5.41) is 3.91. The van der Waals surface area contributed by atoms with Crippen LogP contribution < -0.4 is 10.1 Å². The molecule has 0 aliphatic heterocycles. The fourth-order valence-corrected chi connectivity index (χ4v) is 4.08. The van der Waals surface area contributed by atoms with Crippen LogP contribution in [0.15, 0.2) is 72.8 Å². The van der Waals surface area contributed by atoms with Gasteiger partial charge in [-0.25, -0.2) is 4.98 Å². The van der Waals surface area contributed by atoms with Crippen LogP contribution in [0.3, 0.4) is 0 Å². The van der Waals surface area contributed by atoms with E-state index in [9.17, 15) is 4.79 Å². The Labute approximate surface area is 180 Å². The predicted molar refractivity (Wildman–Crippen MR) is 123 cm³/mol. The van der Waals surface area contributed by atoms with Gasteiger partial charge in [0.25, 0.3) is 5.91 Å². The lowest BCUT2D eigenvalue weighted by Gasteiger charge is -2.09. The van der Waals surface area contributed by atoms with Crippen molar-refractivity contribution in [1.82, 2.24) is 10.3 Å². The molecule has 3 aromatic carbocycles. The van der Waals surface area contributed by atoms with Gasteiger partial charge in [0.1, 0.15) is 10.8 Å². The van der Waals surface area contributed by atoms with E-state index in [-0.39, 0.29) is 12.5 Å². The van der Waals surface area contributed by atoms with Crippen LogP contribution in [0.2, 0.25) is 0 Å². The highest BCUT2D eigenvalue weighted by Gasteiger charge is 2.07. The van der Waals surface area contributed by atoms with E-state index in [0.29, 0.717) is 18.2 Å². The van der Waals surface area contributed by atoms with Gasteiger partial charge in [0.2, 0.25) is 0 Å². The van der Waals surface area contributed by atoms with Gasteiger partial charge in [-0.2, -0.15) is 0 Å². The summed E-state index contributed by atoms with van der Waals surface area (Å²) in [7, 11) is 0. The maximum absolute atomic E-state index is 12.1. The van der Waals surface area contributed by atoms with E-state index < -0.39 is 0 Å². The van der Waals surface area contributed by atoms with E-state index in [2.05, 4.69) is 30.2 Å². The van der Waals surface area contributed by atoms with Crippen LogP contribution in [-0.4, -0.2) is 17.5 Å². The third-order valence-corrected chi connectivity index (χ3v) is 5.99. The number of aromatic nitrogens is 1. The molecule has 4 rings (SSSR count). The van der Waals surface area contributed by atoms with Crippen molar-refractivity contribution in [1.29, 1.82) is 0 Å². The normalized spacial score (nSPS) is 11.0. The molecular formula is C25H24N2O2S. The number of amides is 1. The number of thiazole rings is 1. The van der Waals surface area contributed by atoms with Crippen molar-refractivity contribution in [2.24, 2.45) is 0 Å². The number of ether oxygens (including phenoxy) is 1. The molecule has 1 heterocycles. The lowest BCUT2D eigenvalue weighted by molar-refractivity contribution is -0.123. The minimum atomic E-state index is -0.141. The Morgan fingerprint density at radius 3 is 2.43 bits per heavy atom. The van der Waals surface area contributed by atoms with Crippen LogP contribution in [0.1, 0.15) is 30.9 Å². The second-order valence-electron chi connectivity index (χ2n) is 7.47. The quantitative estimate of drug-likeness (QED) is 0.415. The molecule has 0 radical (unpaired) electrons. The van der Waals surface area contributed by atoms with Crippen molar-refractivity contribution in [2.75, 3.05) is 6.61 Å². The van der Waals surface area contributed by atoms with Crippen LogP contribution in [0.4, 0.5) is 0 Å². The summed E-state index contributed by atoms with van der Waals surface area (Å²) in [5.41, 5.74) is 4.39. The summed E-state index contributed by atoms with van der Waals surface area (Å²) >= 11 is 1.68. The smallest absolute Gasteiger partial charge is 0.258 e. The van der Waals surface area contributed by atoms with Gasteiger partial charge in [0.05, 0.1) is 10.2 Å². The van der Waals surface area contributed by atoms with Crippen molar-refractivity contribution in [3.05, 3.63) is 83.9 Å². The van der Waals surface area contributed by atoms with Gasteiger partial charge in [0.15, 0.2) is 6.61 Å². The number of benzene rings is 3. The maximum Gasteiger partial charge on any atom is 0.258 e. The molecule has 0 unspecified atom stereocenters. The Bertz CT molecular complexity index is 1100. The van der Waals surface area contributed by atoms with Gasteiger partial charge >= 0.3 is 0 Å². The summed E-state index contributed by atoms with van der Waals surface area (Å²) in [4.78, 5) is 16.8. The number of fused-ring (bicyclic) bond motifs is 1. The number of hydrogen-bond acceptors (Lipinski definition) is 4. The summed E-state index contributed by atoms with van der Waals surface area (Å²) in [6, 6.07) is 24.2. The Morgan fingerprint density at radius 1 is 1.00 bits per heavy atom. The van der Waals surface area contributed by atoms with E-state index in [0.717, 1.165) is 21.7 Å². The first-order valence-corrected chi connectivity index (χ1v) is 10.8. The van der Waals surface area contributed by atoms with Gasteiger partial charge in [-0.15, -0.1) is 11.3 Å². The third-order valence-electron chi connectivity index (χ3n) is 4.90. The molecule has 0 saturated carbocycles. The molecule has 152 valence electrons. The van der Waals surface area contributed by atoms with Crippen molar-refractivity contribution in [2.45, 2.75) is 26.3 Å². The lowest BCUT2D eigenvalue weighted by atomic mass is 10.0. The molecule has 30 heavy (non-hydrogen) atoms. The molecule has 0 atom stereocenters. The van der Waals surface area contributed by atoms with Crippen LogP contribution in [-0.2, 0) is 11.3 Å². The molecular weight excluding hydrogens is 392 g/mol. The fourth-order valence-electron chi connectivity index (χ4n) is 3.11. The molecule has 0 bridgehead atoms. The van der Waals surface area contributed by atoms with Crippen molar-refractivity contribution < 1.29 is 9.53 Å². The number of hydrogen-bond donors (Lipinski definition) is 1. The molecule has 0 fully saturated rings. The summed E-state index contributed by atoms with van der Waals surface area (Å²) in [6.45, 7) is 4.77. The van der Waals surface area contributed by atoms with Crippen molar-refractivity contribution in [3.8, 4) is 16.3 Å². The minimum absolute atomic E-state index is 0.00478. The van der Waals surface area contributed by atoms with Crippen molar-refractivity contribution >= 4 is 27.5 Å². The average molecular weight is 417 g/mol. The lowest BCUT2D eigenvalue weighted by Crippen LogP contribution is -2.28. The maximum atomic E-state index is 12.1.